The smallest absolute Gasteiger partial charge is 0.408 e. The molecule has 0 radical (unpaired) electrons. The monoisotopic (exact) mass is 451 g/mol. The number of hydrogen-bond acceptors (Lipinski definition) is 7. The summed E-state index contributed by atoms with van der Waals surface area (Å²) in [6.07, 6.45) is 2.34. The minimum atomic E-state index is -1.60. The molecule has 2 aliphatic rings. The number of rotatable bonds is 5. The summed E-state index contributed by atoms with van der Waals surface area (Å²) in [5.74, 6) is -2.00. The fraction of sp³-hybridized carbons (Fsp3) is 0.368. The van der Waals surface area contributed by atoms with Gasteiger partial charge in [-0.25, -0.2) is 14.6 Å². The number of aliphatic carboxylic acids is 1. The Hall–Kier alpha value is -2.50. The molecule has 0 saturated carbocycles. The summed E-state index contributed by atoms with van der Waals surface area (Å²) in [6.45, 7) is 5.02. The van der Waals surface area contributed by atoms with Crippen LogP contribution >= 0.6 is 11.8 Å². The number of carboxylic acid groups (broad SMARTS) is 1. The molecular weight excluding hydrogens is 430 g/mol. The van der Waals surface area contributed by atoms with Crippen LogP contribution in [0, 0.1) is 0 Å². The third-order valence-corrected chi connectivity index (χ3v) is 6.50. The Bertz CT molecular complexity index is 913. The Morgan fingerprint density at radius 2 is 2.17 bits per heavy atom. The molecular formula is C19H21N3O6S2. The number of carboxylic acids is 1. The Balaban J connectivity index is 1.77. The van der Waals surface area contributed by atoms with Crippen LogP contribution in [0.3, 0.4) is 0 Å². The molecule has 0 aliphatic carbocycles. The summed E-state index contributed by atoms with van der Waals surface area (Å²) in [5, 5.41) is 13.5. The van der Waals surface area contributed by atoms with Gasteiger partial charge in [0.2, 0.25) is 5.37 Å². The molecule has 0 aromatic carbocycles. The number of alkyl carbamates (subject to hydrolysis) is 1. The van der Waals surface area contributed by atoms with Gasteiger partial charge in [-0.15, -0.1) is 0 Å². The van der Waals surface area contributed by atoms with E-state index in [1.165, 1.54) is 17.8 Å². The number of β-lactam (4-membered cyclic amide) rings is 1. The summed E-state index contributed by atoms with van der Waals surface area (Å²) in [6, 6.07) is 4.30. The molecule has 3 heterocycles. The average molecular weight is 452 g/mol. The Morgan fingerprint density at radius 1 is 1.43 bits per heavy atom. The number of aromatic nitrogens is 1. The molecule has 1 saturated heterocycles. The summed E-state index contributed by atoms with van der Waals surface area (Å²) in [4.78, 5) is 41.5. The van der Waals surface area contributed by atoms with Gasteiger partial charge in [0.05, 0.1) is 0 Å². The highest BCUT2D eigenvalue weighted by Gasteiger charge is 2.61. The van der Waals surface area contributed by atoms with Crippen molar-refractivity contribution in [1.82, 2.24) is 15.2 Å². The second-order valence-corrected chi connectivity index (χ2v) is 9.97. The Labute approximate surface area is 180 Å². The fourth-order valence-corrected chi connectivity index (χ4v) is 5.26. The lowest BCUT2D eigenvalue weighted by Crippen LogP contribution is -2.74. The van der Waals surface area contributed by atoms with Gasteiger partial charge in [-0.1, -0.05) is 17.8 Å². The van der Waals surface area contributed by atoms with Gasteiger partial charge in [0.1, 0.15) is 22.1 Å². The van der Waals surface area contributed by atoms with Crippen molar-refractivity contribution in [3.63, 3.8) is 0 Å². The van der Waals surface area contributed by atoms with E-state index in [0.29, 0.717) is 5.03 Å². The normalized spacial score (nSPS) is 23.8. The number of allylic oxidation sites excluding steroid dienone is 1. The first-order valence-electron chi connectivity index (χ1n) is 8.99. The fourth-order valence-electron chi connectivity index (χ4n) is 2.97. The quantitative estimate of drug-likeness (QED) is 0.394. The van der Waals surface area contributed by atoms with E-state index in [2.05, 4.69) is 10.3 Å². The van der Waals surface area contributed by atoms with E-state index >= 15 is 0 Å². The first kappa shape index (κ1) is 22.2. The molecule has 3 atom stereocenters. The maximum Gasteiger partial charge on any atom is 0.408 e. The predicted octanol–water partition coefficient (Wildman–Crippen LogP) is 1.85. The Morgan fingerprint density at radius 3 is 2.77 bits per heavy atom. The van der Waals surface area contributed by atoms with E-state index in [4.69, 9.17) is 4.74 Å². The van der Waals surface area contributed by atoms with E-state index in [-0.39, 0.29) is 17.0 Å². The van der Waals surface area contributed by atoms with Crippen molar-refractivity contribution in [2.24, 2.45) is 0 Å². The standard InChI is InChI=1S/C19H21N3O6S2/c1-19(2,3)28-18(26)21-13-15(23)22-14(17(24)25)11(10-30(27)16(13)22)7-9-29-12-6-4-5-8-20-12/h4-9,13,16H,10H2,1-3H3,(H,21,26)(H,24,25)/b9-7+/t13?,16-,30?/m1/s1. The number of ether oxygens (including phenoxy) is 1. The first-order chi connectivity index (χ1) is 14.1. The van der Waals surface area contributed by atoms with Crippen LogP contribution in [-0.4, -0.2) is 60.3 Å². The van der Waals surface area contributed by atoms with Crippen molar-refractivity contribution in [2.75, 3.05) is 5.75 Å². The maximum absolute atomic E-state index is 12.7. The molecule has 9 nitrogen and oxygen atoms in total. The first-order valence-corrected chi connectivity index (χ1v) is 11.2. The zero-order valence-electron chi connectivity index (χ0n) is 16.5. The lowest BCUT2D eigenvalue weighted by atomic mass is 10.0. The van der Waals surface area contributed by atoms with E-state index in [0.717, 1.165) is 4.90 Å². The van der Waals surface area contributed by atoms with Crippen molar-refractivity contribution >= 4 is 40.9 Å². The van der Waals surface area contributed by atoms with Crippen LogP contribution in [0.5, 0.6) is 0 Å². The van der Waals surface area contributed by atoms with Gasteiger partial charge < -0.3 is 19.7 Å². The topological polar surface area (TPSA) is 132 Å². The van der Waals surface area contributed by atoms with Gasteiger partial charge in [-0.3, -0.25) is 9.69 Å². The molecule has 2 N–H and O–H groups in total. The van der Waals surface area contributed by atoms with Crippen LogP contribution in [0.25, 0.3) is 0 Å². The van der Waals surface area contributed by atoms with Crippen LogP contribution in [0.1, 0.15) is 20.8 Å². The molecule has 1 aromatic heterocycles. The van der Waals surface area contributed by atoms with E-state index < -0.39 is 46.2 Å². The van der Waals surface area contributed by atoms with Crippen molar-refractivity contribution < 1.29 is 28.8 Å². The zero-order valence-corrected chi connectivity index (χ0v) is 18.2. The summed E-state index contributed by atoms with van der Waals surface area (Å²) in [7, 11) is 0. The molecule has 2 aliphatic heterocycles. The zero-order chi connectivity index (χ0) is 22.1. The largest absolute Gasteiger partial charge is 0.614 e. The predicted molar refractivity (Wildman–Crippen MR) is 111 cm³/mol. The molecule has 2 amide bonds. The van der Waals surface area contributed by atoms with Crippen LogP contribution in [-0.2, 0) is 25.5 Å². The number of nitrogens with one attached hydrogen (secondary N) is 1. The van der Waals surface area contributed by atoms with Crippen LogP contribution in [0.2, 0.25) is 0 Å². The molecule has 1 fully saturated rings. The Kier molecular flexibility index (Phi) is 6.44. The molecule has 2 unspecified atom stereocenters. The maximum atomic E-state index is 12.7. The highest BCUT2D eigenvalue weighted by Crippen LogP contribution is 2.37. The molecule has 3 rings (SSSR count). The summed E-state index contributed by atoms with van der Waals surface area (Å²) < 4.78 is 17.9. The van der Waals surface area contributed by atoms with Gasteiger partial charge >= 0.3 is 12.1 Å². The molecule has 11 heteroatoms. The highest BCUT2D eigenvalue weighted by atomic mass is 32.2. The van der Waals surface area contributed by atoms with Gasteiger partial charge in [-0.2, -0.15) is 0 Å². The number of pyridine rings is 1. The molecule has 0 spiro atoms. The number of fused-ring (bicyclic) bond motifs is 1. The SMILES string of the molecule is CC(C)(C)OC(=O)NC1C(=O)N2C(C(=O)O)=C(/C=C/Sc3ccccn3)C[S+]([O-])[C@H]12. The van der Waals surface area contributed by atoms with Crippen LogP contribution < -0.4 is 5.32 Å². The lowest BCUT2D eigenvalue weighted by Gasteiger charge is -2.48. The van der Waals surface area contributed by atoms with Crippen molar-refractivity contribution in [3.8, 4) is 0 Å². The second-order valence-electron chi connectivity index (χ2n) is 7.52. The third kappa shape index (κ3) is 4.79. The van der Waals surface area contributed by atoms with Gasteiger partial charge in [0.25, 0.3) is 5.91 Å². The number of hydrogen-bond donors (Lipinski definition) is 2. The van der Waals surface area contributed by atoms with Gasteiger partial charge in [-0.05, 0) is 55.6 Å². The highest BCUT2D eigenvalue weighted by molar-refractivity contribution is 8.02. The second kappa shape index (κ2) is 8.70. The molecule has 160 valence electrons. The number of thioether (sulfide) groups is 1. The van der Waals surface area contributed by atoms with Crippen molar-refractivity contribution in [3.05, 3.63) is 47.2 Å². The van der Waals surface area contributed by atoms with E-state index in [1.807, 2.05) is 6.07 Å². The molecule has 1 aromatic rings. The van der Waals surface area contributed by atoms with Crippen molar-refractivity contribution in [2.45, 2.75) is 42.8 Å². The molecule has 0 bridgehead atoms. The van der Waals surface area contributed by atoms with E-state index in [9.17, 15) is 24.0 Å². The number of nitrogens with zero attached hydrogens (tertiary/aromatic N) is 2. The minimum absolute atomic E-state index is 0.0537. The number of carbonyl (C=O) groups excluding carboxylic acids is 2. The number of amides is 2. The van der Waals surface area contributed by atoms with E-state index in [1.54, 1.807) is 44.5 Å². The summed E-state index contributed by atoms with van der Waals surface area (Å²) >= 11 is -0.327. The third-order valence-electron chi connectivity index (χ3n) is 4.13. The van der Waals surface area contributed by atoms with Gasteiger partial charge in [0.15, 0.2) is 6.04 Å². The van der Waals surface area contributed by atoms with Crippen molar-refractivity contribution in [1.29, 1.82) is 0 Å². The average Bonchev–Trinajstić information content (AvgIpc) is 2.65. The van der Waals surface area contributed by atoms with Crippen LogP contribution in [0.4, 0.5) is 4.79 Å². The van der Waals surface area contributed by atoms with Gasteiger partial charge in [0, 0.05) is 11.8 Å². The summed E-state index contributed by atoms with van der Waals surface area (Å²) in [5.41, 5.74) is -0.730. The number of carbonyl (C=O) groups is 3. The molecule has 30 heavy (non-hydrogen) atoms. The lowest BCUT2D eigenvalue weighted by molar-refractivity contribution is -0.149. The van der Waals surface area contributed by atoms with Crippen LogP contribution in [0.15, 0.2) is 52.2 Å². The minimum Gasteiger partial charge on any atom is -0.614 e.